The molecule has 0 spiro atoms. The predicted octanol–water partition coefficient (Wildman–Crippen LogP) is 4.92. The van der Waals surface area contributed by atoms with Gasteiger partial charge in [-0.05, 0) is 80.9 Å². The number of carboxylic acids is 1. The van der Waals surface area contributed by atoms with Gasteiger partial charge in [0.1, 0.15) is 5.75 Å². The molecule has 1 heterocycles. The predicted molar refractivity (Wildman–Crippen MR) is 130 cm³/mol. The number of nitrogens with zero attached hydrogens (tertiary/aromatic N) is 1. The van der Waals surface area contributed by atoms with Crippen LogP contribution in [0.2, 0.25) is 0 Å². The second-order valence-electron chi connectivity index (χ2n) is 10.9. The van der Waals surface area contributed by atoms with Gasteiger partial charge < -0.3 is 24.6 Å². The lowest BCUT2D eigenvalue weighted by atomic mass is 9.75. The lowest BCUT2D eigenvalue weighted by Crippen LogP contribution is -2.40. The van der Waals surface area contributed by atoms with Crippen LogP contribution in [-0.2, 0) is 20.5 Å². The quantitative estimate of drug-likeness (QED) is 0.472. The van der Waals surface area contributed by atoms with Crippen molar-refractivity contribution in [1.82, 2.24) is 4.90 Å². The first-order valence-corrected chi connectivity index (χ1v) is 12.9. The molecule has 208 valence electrons. The molecule has 1 aromatic rings. The lowest BCUT2D eigenvalue weighted by molar-refractivity contribution is -0.143. The van der Waals surface area contributed by atoms with Gasteiger partial charge in [0.05, 0.1) is 30.8 Å². The van der Waals surface area contributed by atoms with Crippen LogP contribution in [0.1, 0.15) is 81.4 Å². The number of amides is 1. The molecular weight excluding hydrogens is 491 g/mol. The maximum absolute atomic E-state index is 13.7. The third-order valence-corrected chi connectivity index (χ3v) is 7.60. The maximum atomic E-state index is 13.7. The minimum Gasteiger partial charge on any atom is -0.481 e. The van der Waals surface area contributed by atoms with Crippen molar-refractivity contribution in [3.63, 3.8) is 0 Å². The zero-order chi connectivity index (χ0) is 27.4. The van der Waals surface area contributed by atoms with Crippen molar-refractivity contribution < 1.29 is 42.4 Å². The third kappa shape index (κ3) is 8.07. The highest BCUT2D eigenvalue weighted by Gasteiger charge is 2.37. The summed E-state index contributed by atoms with van der Waals surface area (Å²) in [6.45, 7) is 6.09. The fraction of sp³-hybridized carbons (Fsp3) is 0.704. The van der Waals surface area contributed by atoms with Crippen molar-refractivity contribution in [1.29, 1.82) is 0 Å². The van der Waals surface area contributed by atoms with E-state index in [1.54, 1.807) is 11.0 Å². The Kier molecular flexibility index (Phi) is 9.50. The van der Waals surface area contributed by atoms with E-state index in [4.69, 9.17) is 14.6 Å². The summed E-state index contributed by atoms with van der Waals surface area (Å²) in [6.07, 6.45) is -0.525. The van der Waals surface area contributed by atoms with Crippen LogP contribution in [0.3, 0.4) is 0 Å². The highest BCUT2D eigenvalue weighted by atomic mass is 19.4. The van der Waals surface area contributed by atoms with Gasteiger partial charge in [-0.15, -0.1) is 0 Å². The Morgan fingerprint density at radius 2 is 1.78 bits per heavy atom. The molecular formula is C27H38F3NO6. The topological polar surface area (TPSA) is 96.3 Å². The SMILES string of the molecule is Cc1cc(C2CCN(C(=O)CC(C)OCC3(C)CCC(O)CC3)CC2)cc(C(F)(F)F)c1OCC(=O)O. The number of aryl methyl sites for hydroxylation is 1. The van der Waals surface area contributed by atoms with Crippen molar-refractivity contribution in [3.05, 3.63) is 28.8 Å². The van der Waals surface area contributed by atoms with Crippen molar-refractivity contribution in [2.45, 2.75) is 90.0 Å². The Morgan fingerprint density at radius 3 is 2.35 bits per heavy atom. The molecule has 10 heteroatoms. The summed E-state index contributed by atoms with van der Waals surface area (Å²) < 4.78 is 52.1. The first-order valence-electron chi connectivity index (χ1n) is 12.9. The first kappa shape index (κ1) is 29.2. The van der Waals surface area contributed by atoms with Crippen LogP contribution in [-0.4, -0.2) is 65.5 Å². The van der Waals surface area contributed by atoms with E-state index in [9.17, 15) is 27.9 Å². The van der Waals surface area contributed by atoms with E-state index in [1.165, 1.54) is 6.92 Å². The van der Waals surface area contributed by atoms with Crippen molar-refractivity contribution in [3.8, 4) is 5.75 Å². The number of ether oxygens (including phenoxy) is 2. The molecule has 0 aromatic heterocycles. The molecule has 7 nitrogen and oxygen atoms in total. The van der Waals surface area contributed by atoms with Crippen molar-refractivity contribution in [2.24, 2.45) is 5.41 Å². The summed E-state index contributed by atoms with van der Waals surface area (Å²) in [6, 6.07) is 2.67. The second-order valence-corrected chi connectivity index (χ2v) is 10.9. The third-order valence-electron chi connectivity index (χ3n) is 7.60. The summed E-state index contributed by atoms with van der Waals surface area (Å²) in [4.78, 5) is 25.4. The summed E-state index contributed by atoms with van der Waals surface area (Å²) in [5.41, 5.74) is -0.218. The number of alkyl halides is 3. The van der Waals surface area contributed by atoms with Crippen LogP contribution < -0.4 is 4.74 Å². The van der Waals surface area contributed by atoms with Crippen molar-refractivity contribution >= 4 is 11.9 Å². The molecule has 1 aliphatic heterocycles. The molecule has 1 aromatic carbocycles. The van der Waals surface area contributed by atoms with E-state index in [2.05, 4.69) is 6.92 Å². The molecule has 0 bridgehead atoms. The maximum Gasteiger partial charge on any atom is 0.419 e. The average molecular weight is 530 g/mol. The molecule has 2 aliphatic rings. The van der Waals surface area contributed by atoms with E-state index < -0.39 is 30.1 Å². The number of carboxylic acid groups (broad SMARTS) is 1. The molecule has 1 amide bonds. The number of hydrogen-bond donors (Lipinski definition) is 2. The van der Waals surface area contributed by atoms with E-state index in [0.29, 0.717) is 38.1 Å². The Hall–Kier alpha value is -2.33. The highest BCUT2D eigenvalue weighted by Crippen LogP contribution is 2.42. The van der Waals surface area contributed by atoms with Crippen LogP contribution in [0.4, 0.5) is 13.2 Å². The number of carbonyl (C=O) groups is 2. The number of rotatable bonds is 9. The van der Waals surface area contributed by atoms with Gasteiger partial charge in [-0.2, -0.15) is 13.2 Å². The summed E-state index contributed by atoms with van der Waals surface area (Å²) in [5, 5.41) is 18.5. The zero-order valence-electron chi connectivity index (χ0n) is 21.8. The highest BCUT2D eigenvalue weighted by molar-refractivity contribution is 5.76. The molecule has 1 atom stereocenters. The normalized spacial score (nSPS) is 24.1. The average Bonchev–Trinajstić information content (AvgIpc) is 2.83. The van der Waals surface area contributed by atoms with Gasteiger partial charge in [-0.3, -0.25) is 4.79 Å². The number of piperidine rings is 1. The smallest absolute Gasteiger partial charge is 0.419 e. The molecule has 1 unspecified atom stereocenters. The van der Waals surface area contributed by atoms with Gasteiger partial charge >= 0.3 is 12.1 Å². The fourth-order valence-corrected chi connectivity index (χ4v) is 5.26. The molecule has 0 radical (unpaired) electrons. The van der Waals surface area contributed by atoms with Crippen LogP contribution >= 0.6 is 0 Å². The van der Waals surface area contributed by atoms with Gasteiger partial charge in [-0.1, -0.05) is 13.0 Å². The Bertz CT molecular complexity index is 950. The zero-order valence-corrected chi connectivity index (χ0v) is 21.8. The number of aliphatic carboxylic acids is 1. The minimum absolute atomic E-state index is 0.0104. The van der Waals surface area contributed by atoms with Gasteiger partial charge in [0.25, 0.3) is 0 Å². The first-order chi connectivity index (χ1) is 17.3. The Balaban J connectivity index is 1.55. The largest absolute Gasteiger partial charge is 0.481 e. The standard InChI is InChI=1S/C27H38F3NO6/c1-17-12-20(14-22(27(28,29)30)25(17)36-15-24(34)35)19-6-10-31(11-7-19)23(33)13-18(2)37-16-26(3)8-4-21(32)5-9-26/h12,14,18-19,21,32H,4-11,13,15-16H2,1-3H3,(H,34,35). The number of aliphatic hydroxyl groups excluding tert-OH is 1. The number of likely N-dealkylation sites (tertiary alicyclic amines) is 1. The minimum atomic E-state index is -4.68. The fourth-order valence-electron chi connectivity index (χ4n) is 5.26. The van der Waals surface area contributed by atoms with E-state index >= 15 is 0 Å². The number of hydrogen-bond acceptors (Lipinski definition) is 5. The summed E-state index contributed by atoms with van der Waals surface area (Å²) in [7, 11) is 0. The molecule has 1 saturated carbocycles. The molecule has 2 N–H and O–H groups in total. The molecule has 37 heavy (non-hydrogen) atoms. The molecule has 2 fully saturated rings. The Labute approximate surface area is 215 Å². The number of halogens is 3. The van der Waals surface area contributed by atoms with E-state index in [0.717, 1.165) is 31.7 Å². The van der Waals surface area contributed by atoms with Crippen LogP contribution in [0.5, 0.6) is 5.75 Å². The monoisotopic (exact) mass is 529 g/mol. The summed E-state index contributed by atoms with van der Waals surface area (Å²) in [5.74, 6) is -1.98. The van der Waals surface area contributed by atoms with E-state index in [-0.39, 0.29) is 41.4 Å². The molecule has 3 rings (SSSR count). The van der Waals surface area contributed by atoms with Crippen LogP contribution in [0.15, 0.2) is 12.1 Å². The molecule has 1 saturated heterocycles. The van der Waals surface area contributed by atoms with Gasteiger partial charge in [0.15, 0.2) is 6.61 Å². The van der Waals surface area contributed by atoms with Gasteiger partial charge in [0, 0.05) is 13.1 Å². The molecule has 1 aliphatic carbocycles. The number of aliphatic hydroxyl groups is 1. The van der Waals surface area contributed by atoms with Crippen LogP contribution in [0.25, 0.3) is 0 Å². The number of carbonyl (C=O) groups excluding carboxylic acids is 1. The van der Waals surface area contributed by atoms with Gasteiger partial charge in [-0.25, -0.2) is 4.79 Å². The summed E-state index contributed by atoms with van der Waals surface area (Å²) >= 11 is 0. The van der Waals surface area contributed by atoms with Gasteiger partial charge in [0.2, 0.25) is 5.91 Å². The van der Waals surface area contributed by atoms with Crippen molar-refractivity contribution in [2.75, 3.05) is 26.3 Å². The second kappa shape index (κ2) is 12.0. The lowest BCUT2D eigenvalue weighted by Gasteiger charge is -2.36. The number of benzene rings is 1. The van der Waals surface area contributed by atoms with Crippen LogP contribution in [0, 0.1) is 12.3 Å². The van der Waals surface area contributed by atoms with E-state index in [1.807, 2.05) is 6.92 Å². The Morgan fingerprint density at radius 1 is 1.16 bits per heavy atom.